The average Bonchev–Trinajstić information content (AvgIpc) is 3.55. The number of amides is 1. The predicted octanol–water partition coefficient (Wildman–Crippen LogP) is 4.81. The van der Waals surface area contributed by atoms with E-state index in [9.17, 15) is 26.4 Å². The lowest BCUT2D eigenvalue weighted by Crippen LogP contribution is -2.38. The third kappa shape index (κ3) is 8.07. The fourth-order valence-electron chi connectivity index (χ4n) is 4.79. The third-order valence-corrected chi connectivity index (χ3v) is 9.38. The van der Waals surface area contributed by atoms with Gasteiger partial charge in [-0.25, -0.2) is 12.7 Å². The van der Waals surface area contributed by atoms with Crippen LogP contribution in [0.2, 0.25) is 5.02 Å². The van der Waals surface area contributed by atoms with Gasteiger partial charge in [0, 0.05) is 29.9 Å². The largest absolute Gasteiger partial charge is 0.454 e. The summed E-state index contributed by atoms with van der Waals surface area (Å²) in [5, 5.41) is 6.64. The van der Waals surface area contributed by atoms with Gasteiger partial charge in [0.15, 0.2) is 6.61 Å². The zero-order valence-electron chi connectivity index (χ0n) is 23.8. The number of ether oxygens (including phenoxy) is 1. The summed E-state index contributed by atoms with van der Waals surface area (Å²) in [6, 6.07) is 12.5. The Labute approximate surface area is 257 Å². The first-order chi connectivity index (χ1) is 20.8. The predicted molar refractivity (Wildman–Crippen MR) is 159 cm³/mol. The normalized spacial score (nSPS) is 16.4. The number of alkyl halides is 3. The fourth-order valence-corrected chi connectivity index (χ4v) is 6.04. The van der Waals surface area contributed by atoms with Crippen LogP contribution in [0, 0.1) is 0 Å². The van der Waals surface area contributed by atoms with Crippen LogP contribution in [-0.4, -0.2) is 83.7 Å². The first kappa shape index (κ1) is 31.7. The van der Waals surface area contributed by atoms with Gasteiger partial charge in [-0.2, -0.15) is 28.1 Å². The van der Waals surface area contributed by atoms with Crippen LogP contribution in [0.15, 0.2) is 48.5 Å². The maximum Gasteiger partial charge on any atom is 0.422 e. The second-order valence-corrected chi connectivity index (χ2v) is 13.3. The van der Waals surface area contributed by atoms with Crippen LogP contribution in [0.3, 0.4) is 0 Å². The highest BCUT2D eigenvalue weighted by Crippen LogP contribution is 2.48. The Hall–Kier alpha value is -3.69. The van der Waals surface area contributed by atoms with Crippen molar-refractivity contribution in [3.05, 3.63) is 64.7 Å². The number of benzene rings is 2. The molecule has 1 aromatic heterocycles. The number of likely N-dealkylation sites (tertiary alicyclic amines) is 1. The molecule has 0 bridgehead atoms. The molecule has 1 amide bonds. The van der Waals surface area contributed by atoms with Crippen molar-refractivity contribution in [3.8, 4) is 6.01 Å². The van der Waals surface area contributed by atoms with Crippen LogP contribution < -0.4 is 15.4 Å². The van der Waals surface area contributed by atoms with Gasteiger partial charge in [-0.15, -0.1) is 0 Å². The number of halogens is 4. The molecular weight excluding hydrogens is 623 g/mol. The standard InChI is InChI=1S/C28H31ClF3N7O4S/c1-38(44(41,42)17-16-39-14-2-3-15-39)23(40)19-4-10-22(11-5-19)33-24-34-25(36-26(35-24)43-18-28(30,31)32)37-27(12-13-27)20-6-8-21(29)9-7-20/h4-11H,2-3,12-18H2,1H3,(H2,33,34,35,36,37). The summed E-state index contributed by atoms with van der Waals surface area (Å²) in [6.45, 7) is 0.462. The Bertz CT molecular complexity index is 1580. The number of nitrogens with one attached hydrogen (secondary N) is 2. The molecule has 1 saturated carbocycles. The molecule has 2 fully saturated rings. The highest BCUT2D eigenvalue weighted by molar-refractivity contribution is 7.89. The molecule has 1 aliphatic carbocycles. The van der Waals surface area contributed by atoms with Crippen molar-refractivity contribution < 1.29 is 31.1 Å². The Balaban J connectivity index is 1.30. The maximum atomic E-state index is 12.9. The number of carbonyl (C=O) groups excluding carboxylic acids is 1. The van der Waals surface area contributed by atoms with Crippen LogP contribution in [0.1, 0.15) is 41.6 Å². The van der Waals surface area contributed by atoms with Gasteiger partial charge in [0.2, 0.25) is 21.9 Å². The number of rotatable bonds is 12. The van der Waals surface area contributed by atoms with Gasteiger partial charge in [-0.1, -0.05) is 23.7 Å². The molecule has 2 aromatic carbocycles. The minimum Gasteiger partial charge on any atom is -0.454 e. The van der Waals surface area contributed by atoms with Gasteiger partial charge >= 0.3 is 12.2 Å². The molecular formula is C28H31ClF3N7O4S. The fraction of sp³-hybridized carbons (Fsp3) is 0.429. The monoisotopic (exact) mass is 653 g/mol. The Morgan fingerprint density at radius 3 is 2.27 bits per heavy atom. The lowest BCUT2D eigenvalue weighted by Gasteiger charge is -2.20. The van der Waals surface area contributed by atoms with E-state index in [0.29, 0.717) is 17.3 Å². The van der Waals surface area contributed by atoms with Gasteiger partial charge in [0.05, 0.1) is 11.3 Å². The second-order valence-electron chi connectivity index (χ2n) is 10.7. The van der Waals surface area contributed by atoms with Gasteiger partial charge in [0.25, 0.3) is 5.91 Å². The molecule has 2 N–H and O–H groups in total. The van der Waals surface area contributed by atoms with Crippen molar-refractivity contribution in [2.45, 2.75) is 37.4 Å². The number of hydrogen-bond donors (Lipinski definition) is 2. The summed E-state index contributed by atoms with van der Waals surface area (Å²) < 4.78 is 69.6. The van der Waals surface area contributed by atoms with Crippen LogP contribution in [0.5, 0.6) is 6.01 Å². The van der Waals surface area contributed by atoms with E-state index in [4.69, 9.17) is 16.3 Å². The topological polar surface area (TPSA) is 130 Å². The van der Waals surface area contributed by atoms with Crippen molar-refractivity contribution in [2.75, 3.05) is 49.7 Å². The molecule has 11 nitrogen and oxygen atoms in total. The number of aromatic nitrogens is 3. The summed E-state index contributed by atoms with van der Waals surface area (Å²) in [6.07, 6.45) is -1.07. The van der Waals surface area contributed by atoms with E-state index >= 15 is 0 Å². The molecule has 0 atom stereocenters. The molecule has 236 valence electrons. The van der Waals surface area contributed by atoms with Crippen LogP contribution in [0.4, 0.5) is 30.8 Å². The van der Waals surface area contributed by atoms with E-state index < -0.39 is 40.3 Å². The highest BCUT2D eigenvalue weighted by atomic mass is 35.5. The smallest absolute Gasteiger partial charge is 0.422 e. The summed E-state index contributed by atoms with van der Waals surface area (Å²) in [5.41, 5.74) is 0.915. The van der Waals surface area contributed by atoms with Crippen molar-refractivity contribution in [3.63, 3.8) is 0 Å². The lowest BCUT2D eigenvalue weighted by atomic mass is 10.1. The third-order valence-electron chi connectivity index (χ3n) is 7.43. The van der Waals surface area contributed by atoms with Crippen LogP contribution in [0.25, 0.3) is 0 Å². The van der Waals surface area contributed by atoms with Gasteiger partial charge < -0.3 is 20.3 Å². The zero-order chi connectivity index (χ0) is 31.5. The van der Waals surface area contributed by atoms with E-state index in [0.717, 1.165) is 48.6 Å². The molecule has 0 spiro atoms. The molecule has 3 aromatic rings. The summed E-state index contributed by atoms with van der Waals surface area (Å²) >= 11 is 6.01. The number of sulfonamides is 1. The lowest BCUT2D eigenvalue weighted by molar-refractivity contribution is -0.154. The maximum absolute atomic E-state index is 12.9. The van der Waals surface area contributed by atoms with Crippen molar-refractivity contribution in [1.29, 1.82) is 0 Å². The zero-order valence-corrected chi connectivity index (χ0v) is 25.3. The van der Waals surface area contributed by atoms with E-state index in [1.54, 1.807) is 12.1 Å². The van der Waals surface area contributed by atoms with Crippen molar-refractivity contribution >= 4 is 45.1 Å². The van der Waals surface area contributed by atoms with E-state index in [-0.39, 0.29) is 23.2 Å². The Morgan fingerprint density at radius 1 is 1.02 bits per heavy atom. The first-order valence-corrected chi connectivity index (χ1v) is 15.9. The summed E-state index contributed by atoms with van der Waals surface area (Å²) in [4.78, 5) is 27.3. The van der Waals surface area contributed by atoms with Gasteiger partial charge in [-0.3, -0.25) is 4.79 Å². The first-order valence-electron chi connectivity index (χ1n) is 13.9. The number of anilines is 3. The van der Waals surface area contributed by atoms with Crippen molar-refractivity contribution in [1.82, 2.24) is 24.2 Å². The summed E-state index contributed by atoms with van der Waals surface area (Å²) in [5.74, 6) is -0.959. The molecule has 16 heteroatoms. The van der Waals surface area contributed by atoms with E-state index in [2.05, 4.69) is 30.5 Å². The number of hydrogen-bond acceptors (Lipinski definition) is 10. The van der Waals surface area contributed by atoms with Crippen molar-refractivity contribution in [2.24, 2.45) is 0 Å². The second kappa shape index (κ2) is 12.7. The van der Waals surface area contributed by atoms with Gasteiger partial charge in [0.1, 0.15) is 0 Å². The molecule has 44 heavy (non-hydrogen) atoms. The van der Waals surface area contributed by atoms with Crippen LogP contribution >= 0.6 is 11.6 Å². The number of carbonyl (C=O) groups is 1. The molecule has 0 radical (unpaired) electrons. The molecule has 1 aliphatic heterocycles. The quantitative estimate of drug-likeness (QED) is 0.281. The average molecular weight is 654 g/mol. The summed E-state index contributed by atoms with van der Waals surface area (Å²) in [7, 11) is -2.59. The highest BCUT2D eigenvalue weighted by Gasteiger charge is 2.45. The molecule has 5 rings (SSSR count). The minimum absolute atomic E-state index is 0.000292. The van der Waals surface area contributed by atoms with Crippen LogP contribution in [-0.2, 0) is 15.6 Å². The van der Waals surface area contributed by atoms with Gasteiger partial charge in [-0.05, 0) is 80.7 Å². The SMILES string of the molecule is CN(C(=O)c1ccc(Nc2nc(NC3(c4ccc(Cl)cc4)CC3)nc(OCC(F)(F)F)n2)cc1)S(=O)(=O)CCN1CCCC1. The van der Waals surface area contributed by atoms with E-state index in [1.807, 2.05) is 12.1 Å². The molecule has 0 unspecified atom stereocenters. The Morgan fingerprint density at radius 2 is 1.66 bits per heavy atom. The minimum atomic E-state index is -4.61. The Kier molecular flexibility index (Phi) is 9.18. The van der Waals surface area contributed by atoms with E-state index in [1.165, 1.54) is 31.3 Å². The number of nitrogens with zero attached hydrogens (tertiary/aromatic N) is 5. The molecule has 2 aliphatic rings. The molecule has 1 saturated heterocycles. The molecule has 2 heterocycles.